The van der Waals surface area contributed by atoms with Crippen molar-refractivity contribution in [2.75, 3.05) is 12.3 Å². The van der Waals surface area contributed by atoms with E-state index in [1.807, 2.05) is 12.3 Å². The van der Waals surface area contributed by atoms with Gasteiger partial charge in [-0.25, -0.2) is 4.98 Å². The number of nitrogens with two attached hydrogens (primary N) is 1. The Balaban J connectivity index is 2.17. The molecular weight excluding hydrogens is 224 g/mol. The van der Waals surface area contributed by atoms with Crippen molar-refractivity contribution < 1.29 is 4.74 Å². The Morgan fingerprint density at radius 3 is 3.00 bits per heavy atom. The molecule has 1 aromatic carbocycles. The van der Waals surface area contributed by atoms with Crippen LogP contribution in [0.4, 0.5) is 5.82 Å². The highest BCUT2D eigenvalue weighted by Gasteiger charge is 2.16. The highest BCUT2D eigenvalue weighted by Crippen LogP contribution is 2.37. The monoisotopic (exact) mass is 240 g/mol. The van der Waals surface area contributed by atoms with Gasteiger partial charge in [0.2, 0.25) is 0 Å². The summed E-state index contributed by atoms with van der Waals surface area (Å²) in [5.41, 5.74) is 10.3. The van der Waals surface area contributed by atoms with E-state index in [1.165, 1.54) is 5.56 Å². The molecule has 0 unspecified atom stereocenters. The third kappa shape index (κ3) is 1.82. The van der Waals surface area contributed by atoms with Crippen LogP contribution in [0, 0.1) is 6.92 Å². The molecule has 1 aromatic heterocycles. The standard InChI is InChI=1S/C15H16N2O/c1-10-8-14(16)17-9-13(10)12-6-2-4-11-5-3-7-18-15(11)12/h2,4,6,8-9H,3,5,7H2,1H3,(H2,16,17). The molecule has 0 radical (unpaired) electrons. The molecule has 2 N–H and O–H groups in total. The van der Waals surface area contributed by atoms with Crippen LogP contribution in [0.5, 0.6) is 5.75 Å². The summed E-state index contributed by atoms with van der Waals surface area (Å²) in [6.07, 6.45) is 4.01. The Hall–Kier alpha value is -2.03. The third-order valence-corrected chi connectivity index (χ3v) is 3.36. The van der Waals surface area contributed by atoms with E-state index in [2.05, 4.69) is 30.1 Å². The van der Waals surface area contributed by atoms with Crippen molar-refractivity contribution >= 4 is 5.82 Å². The van der Waals surface area contributed by atoms with Crippen LogP contribution in [0.15, 0.2) is 30.5 Å². The van der Waals surface area contributed by atoms with Gasteiger partial charge in [0.25, 0.3) is 0 Å². The molecule has 0 bridgehead atoms. The summed E-state index contributed by atoms with van der Waals surface area (Å²) in [5, 5.41) is 0. The Kier molecular flexibility index (Phi) is 2.67. The SMILES string of the molecule is Cc1cc(N)ncc1-c1cccc2c1OCCC2. The quantitative estimate of drug-likeness (QED) is 0.833. The van der Waals surface area contributed by atoms with Crippen LogP contribution in [-0.2, 0) is 6.42 Å². The van der Waals surface area contributed by atoms with Gasteiger partial charge in [-0.1, -0.05) is 18.2 Å². The zero-order valence-electron chi connectivity index (χ0n) is 10.4. The van der Waals surface area contributed by atoms with Gasteiger partial charge in [-0.15, -0.1) is 0 Å². The fourth-order valence-electron chi connectivity index (χ4n) is 2.46. The summed E-state index contributed by atoms with van der Waals surface area (Å²) in [5.74, 6) is 1.57. The molecule has 0 fully saturated rings. The Morgan fingerprint density at radius 1 is 1.28 bits per heavy atom. The van der Waals surface area contributed by atoms with E-state index < -0.39 is 0 Å². The molecule has 2 aromatic rings. The second-order valence-electron chi connectivity index (χ2n) is 4.67. The van der Waals surface area contributed by atoms with E-state index in [9.17, 15) is 0 Å². The van der Waals surface area contributed by atoms with Crippen molar-refractivity contribution in [3.8, 4) is 16.9 Å². The topological polar surface area (TPSA) is 48.1 Å². The number of hydrogen-bond donors (Lipinski definition) is 1. The molecule has 2 heterocycles. The zero-order chi connectivity index (χ0) is 12.5. The molecule has 3 heteroatoms. The number of rotatable bonds is 1. The van der Waals surface area contributed by atoms with Gasteiger partial charge in [0.15, 0.2) is 0 Å². The van der Waals surface area contributed by atoms with Crippen molar-refractivity contribution in [3.63, 3.8) is 0 Å². The molecular formula is C15H16N2O. The van der Waals surface area contributed by atoms with Crippen molar-refractivity contribution in [1.82, 2.24) is 4.98 Å². The molecule has 92 valence electrons. The van der Waals surface area contributed by atoms with Gasteiger partial charge in [-0.2, -0.15) is 0 Å². The van der Waals surface area contributed by atoms with Gasteiger partial charge in [-0.05, 0) is 37.0 Å². The number of ether oxygens (including phenoxy) is 1. The van der Waals surface area contributed by atoms with Crippen molar-refractivity contribution in [2.24, 2.45) is 0 Å². The molecule has 1 aliphatic rings. The minimum Gasteiger partial charge on any atom is -0.493 e. The van der Waals surface area contributed by atoms with Gasteiger partial charge in [0, 0.05) is 17.3 Å². The van der Waals surface area contributed by atoms with Crippen LogP contribution < -0.4 is 10.5 Å². The summed E-state index contributed by atoms with van der Waals surface area (Å²) in [6, 6.07) is 8.21. The molecule has 0 saturated heterocycles. The van der Waals surface area contributed by atoms with E-state index in [0.717, 1.165) is 41.9 Å². The maximum atomic E-state index is 5.84. The lowest BCUT2D eigenvalue weighted by molar-refractivity contribution is 0.289. The number of fused-ring (bicyclic) bond motifs is 1. The maximum absolute atomic E-state index is 5.84. The van der Waals surface area contributed by atoms with E-state index in [1.54, 1.807) is 0 Å². The Bertz CT molecular complexity index is 593. The molecule has 0 amide bonds. The van der Waals surface area contributed by atoms with E-state index >= 15 is 0 Å². The normalized spacial score (nSPS) is 13.8. The van der Waals surface area contributed by atoms with E-state index in [-0.39, 0.29) is 0 Å². The lowest BCUT2D eigenvalue weighted by Crippen LogP contribution is -2.09. The minimum absolute atomic E-state index is 0.557. The van der Waals surface area contributed by atoms with Crippen LogP contribution in [0.3, 0.4) is 0 Å². The fourth-order valence-corrected chi connectivity index (χ4v) is 2.46. The average Bonchev–Trinajstić information content (AvgIpc) is 2.38. The van der Waals surface area contributed by atoms with Crippen LogP contribution in [0.25, 0.3) is 11.1 Å². The number of hydrogen-bond acceptors (Lipinski definition) is 3. The highest BCUT2D eigenvalue weighted by molar-refractivity contribution is 5.75. The second-order valence-corrected chi connectivity index (χ2v) is 4.67. The predicted octanol–water partition coefficient (Wildman–Crippen LogP) is 2.96. The molecule has 18 heavy (non-hydrogen) atoms. The first-order valence-electron chi connectivity index (χ1n) is 6.23. The van der Waals surface area contributed by atoms with Gasteiger partial charge in [0.05, 0.1) is 6.61 Å². The average molecular weight is 240 g/mol. The first-order valence-corrected chi connectivity index (χ1v) is 6.23. The van der Waals surface area contributed by atoms with Crippen molar-refractivity contribution in [2.45, 2.75) is 19.8 Å². The molecule has 0 saturated carbocycles. The molecule has 0 aliphatic carbocycles. The minimum atomic E-state index is 0.557. The Labute approximate surface area is 107 Å². The molecule has 1 aliphatic heterocycles. The smallest absolute Gasteiger partial charge is 0.130 e. The van der Waals surface area contributed by atoms with Gasteiger partial charge < -0.3 is 10.5 Å². The molecule has 0 atom stereocenters. The van der Waals surface area contributed by atoms with Gasteiger partial charge in [0.1, 0.15) is 11.6 Å². The highest BCUT2D eigenvalue weighted by atomic mass is 16.5. The molecule has 0 spiro atoms. The van der Waals surface area contributed by atoms with E-state index in [0.29, 0.717) is 5.82 Å². The van der Waals surface area contributed by atoms with Gasteiger partial charge in [-0.3, -0.25) is 0 Å². The number of nitrogens with zero attached hydrogens (tertiary/aromatic N) is 1. The number of aromatic nitrogens is 1. The number of nitrogen functional groups attached to an aromatic ring is 1. The summed E-state index contributed by atoms with van der Waals surface area (Å²) < 4.78 is 5.84. The van der Waals surface area contributed by atoms with Crippen molar-refractivity contribution in [1.29, 1.82) is 0 Å². The maximum Gasteiger partial charge on any atom is 0.130 e. The number of para-hydroxylation sites is 1. The van der Waals surface area contributed by atoms with Crippen LogP contribution >= 0.6 is 0 Å². The van der Waals surface area contributed by atoms with Crippen molar-refractivity contribution in [3.05, 3.63) is 41.6 Å². The Morgan fingerprint density at radius 2 is 2.17 bits per heavy atom. The zero-order valence-corrected chi connectivity index (χ0v) is 10.4. The fraction of sp³-hybridized carbons (Fsp3) is 0.267. The number of pyridine rings is 1. The number of benzene rings is 1. The number of aryl methyl sites for hydroxylation is 2. The van der Waals surface area contributed by atoms with Crippen LogP contribution in [0.1, 0.15) is 17.5 Å². The number of anilines is 1. The van der Waals surface area contributed by atoms with Crippen LogP contribution in [0.2, 0.25) is 0 Å². The van der Waals surface area contributed by atoms with Crippen LogP contribution in [-0.4, -0.2) is 11.6 Å². The lowest BCUT2D eigenvalue weighted by atomic mass is 9.96. The third-order valence-electron chi connectivity index (χ3n) is 3.36. The second kappa shape index (κ2) is 4.33. The summed E-state index contributed by atoms with van der Waals surface area (Å²) in [4.78, 5) is 4.19. The summed E-state index contributed by atoms with van der Waals surface area (Å²) >= 11 is 0. The largest absolute Gasteiger partial charge is 0.493 e. The predicted molar refractivity (Wildman–Crippen MR) is 72.6 cm³/mol. The molecule has 3 nitrogen and oxygen atoms in total. The van der Waals surface area contributed by atoms with E-state index in [4.69, 9.17) is 10.5 Å². The first-order chi connectivity index (χ1) is 8.75. The molecule has 3 rings (SSSR count). The van der Waals surface area contributed by atoms with Gasteiger partial charge >= 0.3 is 0 Å². The first kappa shape index (κ1) is 11.1. The lowest BCUT2D eigenvalue weighted by Gasteiger charge is -2.21. The summed E-state index contributed by atoms with van der Waals surface area (Å²) in [7, 11) is 0. The summed E-state index contributed by atoms with van der Waals surface area (Å²) in [6.45, 7) is 2.85.